The maximum absolute atomic E-state index is 12.7. The second kappa shape index (κ2) is 10.8. The fraction of sp³-hybridized carbons (Fsp3) is 0.500. The first kappa shape index (κ1) is 25.2. The molecule has 0 radical (unpaired) electrons. The van der Waals surface area contributed by atoms with Crippen LogP contribution in [0, 0.1) is 0 Å². The molecule has 2 N–H and O–H groups in total. The van der Waals surface area contributed by atoms with Gasteiger partial charge in [0, 0.05) is 13.1 Å². The van der Waals surface area contributed by atoms with E-state index in [0.29, 0.717) is 11.1 Å². The van der Waals surface area contributed by atoms with Crippen LogP contribution in [0.5, 0.6) is 0 Å². The SMILES string of the molecule is O=C(NCc1cccc(CNC(=O)OCC(F)(F)C(F)F)c1)OCC(F)(F)C(F)F. The second-order valence-corrected chi connectivity index (χ2v) is 5.80. The van der Waals surface area contributed by atoms with Crippen molar-refractivity contribution in [2.45, 2.75) is 37.8 Å². The summed E-state index contributed by atoms with van der Waals surface area (Å²) in [5.41, 5.74) is 0.758. The van der Waals surface area contributed by atoms with Gasteiger partial charge in [-0.2, -0.15) is 17.6 Å². The number of hydrogen-bond acceptors (Lipinski definition) is 4. The van der Waals surface area contributed by atoms with E-state index in [0.717, 1.165) is 0 Å². The third-order valence-electron chi connectivity index (χ3n) is 3.30. The zero-order valence-corrected chi connectivity index (χ0v) is 14.9. The van der Waals surface area contributed by atoms with Gasteiger partial charge in [0.1, 0.15) is 0 Å². The van der Waals surface area contributed by atoms with Crippen molar-refractivity contribution in [3.63, 3.8) is 0 Å². The Morgan fingerprint density at radius 3 is 1.50 bits per heavy atom. The molecule has 0 bridgehead atoms. The molecule has 0 aliphatic rings. The molecule has 0 heterocycles. The van der Waals surface area contributed by atoms with E-state index in [4.69, 9.17) is 0 Å². The molecule has 0 saturated heterocycles. The summed E-state index contributed by atoms with van der Waals surface area (Å²) in [6.07, 6.45) is -10.7. The number of carbonyl (C=O) groups is 2. The number of halogens is 8. The van der Waals surface area contributed by atoms with E-state index in [1.807, 2.05) is 10.6 Å². The fourth-order valence-corrected chi connectivity index (χ4v) is 1.75. The number of hydrogen-bond donors (Lipinski definition) is 2. The first-order chi connectivity index (χ1) is 13.8. The van der Waals surface area contributed by atoms with Gasteiger partial charge in [0.2, 0.25) is 0 Å². The number of alkyl halides is 8. The van der Waals surface area contributed by atoms with Crippen molar-refractivity contribution in [2.75, 3.05) is 13.2 Å². The minimum atomic E-state index is -4.49. The highest BCUT2D eigenvalue weighted by molar-refractivity contribution is 5.67. The quantitative estimate of drug-likeness (QED) is 0.528. The van der Waals surface area contributed by atoms with Crippen LogP contribution in [0.15, 0.2) is 24.3 Å². The van der Waals surface area contributed by atoms with E-state index >= 15 is 0 Å². The number of alkyl carbamates (subject to hydrolysis) is 2. The highest BCUT2D eigenvalue weighted by Crippen LogP contribution is 2.23. The van der Waals surface area contributed by atoms with Crippen LogP contribution in [0.4, 0.5) is 44.7 Å². The number of nitrogens with one attached hydrogen (secondary N) is 2. The highest BCUT2D eigenvalue weighted by Gasteiger charge is 2.43. The summed E-state index contributed by atoms with van der Waals surface area (Å²) in [5, 5.41) is 4.09. The molecule has 170 valence electrons. The average molecular weight is 452 g/mol. The van der Waals surface area contributed by atoms with Crippen LogP contribution in [-0.4, -0.2) is 50.1 Å². The lowest BCUT2D eigenvalue weighted by atomic mass is 10.1. The summed E-state index contributed by atoms with van der Waals surface area (Å²) in [4.78, 5) is 22.6. The van der Waals surface area contributed by atoms with Gasteiger partial charge in [-0.15, -0.1) is 0 Å². The molecule has 0 fully saturated rings. The first-order valence-electron chi connectivity index (χ1n) is 8.04. The minimum Gasteiger partial charge on any atom is -0.443 e. The lowest BCUT2D eigenvalue weighted by Gasteiger charge is -2.16. The molecule has 1 aromatic rings. The summed E-state index contributed by atoms with van der Waals surface area (Å²) < 4.78 is 106. The van der Waals surface area contributed by atoms with Crippen LogP contribution in [0.2, 0.25) is 0 Å². The Morgan fingerprint density at radius 2 is 1.17 bits per heavy atom. The lowest BCUT2D eigenvalue weighted by molar-refractivity contribution is -0.153. The van der Waals surface area contributed by atoms with Gasteiger partial charge in [0.25, 0.3) is 0 Å². The Morgan fingerprint density at radius 1 is 0.800 bits per heavy atom. The van der Waals surface area contributed by atoms with Crippen molar-refractivity contribution in [3.8, 4) is 0 Å². The minimum absolute atomic E-state index is 0.252. The molecule has 0 unspecified atom stereocenters. The molecular formula is C16H16F8N2O4. The summed E-state index contributed by atoms with van der Waals surface area (Å²) >= 11 is 0. The smallest absolute Gasteiger partial charge is 0.407 e. The monoisotopic (exact) mass is 452 g/mol. The molecule has 0 aliphatic heterocycles. The van der Waals surface area contributed by atoms with Crippen molar-refractivity contribution in [1.29, 1.82) is 0 Å². The van der Waals surface area contributed by atoms with E-state index in [-0.39, 0.29) is 13.1 Å². The molecule has 0 aromatic heterocycles. The normalized spacial score (nSPS) is 12.1. The van der Waals surface area contributed by atoms with Crippen molar-refractivity contribution in [3.05, 3.63) is 35.4 Å². The Bertz CT molecular complexity index is 663. The van der Waals surface area contributed by atoms with Crippen LogP contribution in [0.1, 0.15) is 11.1 Å². The highest BCUT2D eigenvalue weighted by atomic mass is 19.3. The van der Waals surface area contributed by atoms with E-state index in [1.54, 1.807) is 0 Å². The van der Waals surface area contributed by atoms with Crippen molar-refractivity contribution in [2.24, 2.45) is 0 Å². The van der Waals surface area contributed by atoms with Gasteiger partial charge in [-0.25, -0.2) is 27.2 Å². The number of benzene rings is 1. The van der Waals surface area contributed by atoms with Gasteiger partial charge in [0.05, 0.1) is 0 Å². The van der Waals surface area contributed by atoms with Gasteiger partial charge in [-0.3, -0.25) is 0 Å². The third-order valence-corrected chi connectivity index (χ3v) is 3.30. The predicted molar refractivity (Wildman–Crippen MR) is 84.7 cm³/mol. The summed E-state index contributed by atoms with van der Waals surface area (Å²) in [5.74, 6) is -8.98. The zero-order valence-electron chi connectivity index (χ0n) is 14.9. The Hall–Kier alpha value is -2.80. The molecule has 0 aliphatic carbocycles. The van der Waals surface area contributed by atoms with Crippen LogP contribution < -0.4 is 10.6 Å². The molecule has 6 nitrogen and oxygen atoms in total. The molecule has 30 heavy (non-hydrogen) atoms. The number of carbonyl (C=O) groups excluding carboxylic acids is 2. The number of rotatable bonds is 10. The van der Waals surface area contributed by atoms with Gasteiger partial charge in [0.15, 0.2) is 13.2 Å². The maximum atomic E-state index is 12.7. The van der Waals surface area contributed by atoms with Crippen LogP contribution in [0.25, 0.3) is 0 Å². The van der Waals surface area contributed by atoms with E-state index in [2.05, 4.69) is 9.47 Å². The molecule has 0 saturated carbocycles. The molecular weight excluding hydrogens is 436 g/mol. The Kier molecular flexibility index (Phi) is 9.11. The van der Waals surface area contributed by atoms with Crippen molar-refractivity contribution >= 4 is 12.2 Å². The predicted octanol–water partition coefficient (Wildman–Crippen LogP) is 3.94. The van der Waals surface area contributed by atoms with Crippen molar-refractivity contribution < 1.29 is 54.2 Å². The number of amides is 2. The Labute approximate surface area is 164 Å². The van der Waals surface area contributed by atoms with Crippen LogP contribution in [0.3, 0.4) is 0 Å². The standard InChI is InChI=1S/C16H16F8N2O4/c17-11(18)15(21,22)7-29-13(27)25-5-9-2-1-3-10(4-9)6-26-14(28)30-8-16(23,24)12(19)20/h1-4,11-12H,5-8H2,(H,25,27)(H,26,28). The van der Waals surface area contributed by atoms with Crippen LogP contribution >= 0.6 is 0 Å². The molecule has 0 atom stereocenters. The summed E-state index contributed by atoms with van der Waals surface area (Å²) in [6.45, 7) is -4.13. The van der Waals surface area contributed by atoms with E-state index < -0.39 is 50.1 Å². The van der Waals surface area contributed by atoms with Crippen molar-refractivity contribution in [1.82, 2.24) is 10.6 Å². The summed E-state index contributed by atoms with van der Waals surface area (Å²) in [6, 6.07) is 5.81. The van der Waals surface area contributed by atoms with Gasteiger partial charge in [-0.05, 0) is 11.1 Å². The molecule has 1 rings (SSSR count). The van der Waals surface area contributed by atoms with E-state index in [9.17, 15) is 44.7 Å². The van der Waals surface area contributed by atoms with Gasteiger partial charge in [-0.1, -0.05) is 24.3 Å². The number of ether oxygens (including phenoxy) is 2. The topological polar surface area (TPSA) is 76.7 Å². The fourth-order valence-electron chi connectivity index (χ4n) is 1.75. The molecule has 1 aromatic carbocycles. The third kappa shape index (κ3) is 8.69. The van der Waals surface area contributed by atoms with Gasteiger partial charge < -0.3 is 20.1 Å². The zero-order chi connectivity index (χ0) is 22.9. The van der Waals surface area contributed by atoms with E-state index in [1.165, 1.54) is 24.3 Å². The first-order valence-corrected chi connectivity index (χ1v) is 8.04. The second-order valence-electron chi connectivity index (χ2n) is 5.80. The maximum Gasteiger partial charge on any atom is 0.407 e. The van der Waals surface area contributed by atoms with Gasteiger partial charge >= 0.3 is 36.9 Å². The summed E-state index contributed by atoms with van der Waals surface area (Å²) in [7, 11) is 0. The molecule has 14 heteroatoms. The van der Waals surface area contributed by atoms with Crippen LogP contribution in [-0.2, 0) is 22.6 Å². The largest absolute Gasteiger partial charge is 0.443 e. The average Bonchev–Trinajstić information content (AvgIpc) is 2.67. The Balaban J connectivity index is 2.44. The molecule has 0 spiro atoms. The molecule has 2 amide bonds. The lowest BCUT2D eigenvalue weighted by Crippen LogP contribution is -2.36.